The van der Waals surface area contributed by atoms with Gasteiger partial charge in [0.25, 0.3) is 5.91 Å². The molecular formula is C18H22N4O2S. The van der Waals surface area contributed by atoms with E-state index in [1.165, 1.54) is 0 Å². The molecule has 1 aliphatic rings. The van der Waals surface area contributed by atoms with Gasteiger partial charge in [-0.25, -0.2) is 4.98 Å². The molecule has 2 aromatic heterocycles. The number of hydrogen-bond donors (Lipinski definition) is 1. The monoisotopic (exact) mass is 358 g/mol. The third-order valence-corrected chi connectivity index (χ3v) is 5.32. The summed E-state index contributed by atoms with van der Waals surface area (Å²) in [4.78, 5) is 36.2. The Balaban J connectivity index is 1.50. The Bertz CT molecular complexity index is 752. The molecule has 0 spiro atoms. The normalized spacial score (nSPS) is 15.2. The predicted molar refractivity (Wildman–Crippen MR) is 96.3 cm³/mol. The molecule has 3 rings (SSSR count). The second kappa shape index (κ2) is 7.74. The van der Waals surface area contributed by atoms with E-state index < -0.39 is 0 Å². The van der Waals surface area contributed by atoms with Crippen LogP contribution in [0.1, 0.15) is 38.9 Å². The highest BCUT2D eigenvalue weighted by Crippen LogP contribution is 2.22. The number of pyridine rings is 1. The Morgan fingerprint density at radius 1 is 1.28 bits per heavy atom. The van der Waals surface area contributed by atoms with Crippen LogP contribution in [0.3, 0.4) is 0 Å². The van der Waals surface area contributed by atoms with Gasteiger partial charge in [0.2, 0.25) is 5.91 Å². The van der Waals surface area contributed by atoms with E-state index in [0.29, 0.717) is 38.2 Å². The highest BCUT2D eigenvalue weighted by Gasteiger charge is 2.29. The van der Waals surface area contributed by atoms with Crippen molar-refractivity contribution in [3.8, 4) is 0 Å². The van der Waals surface area contributed by atoms with Crippen LogP contribution in [0.4, 0.5) is 0 Å². The smallest absolute Gasteiger partial charge is 0.273 e. The number of piperidine rings is 1. The van der Waals surface area contributed by atoms with Crippen molar-refractivity contribution in [3.63, 3.8) is 0 Å². The molecule has 1 saturated heterocycles. The van der Waals surface area contributed by atoms with Crippen LogP contribution in [0, 0.1) is 19.8 Å². The molecule has 0 saturated carbocycles. The first-order valence-corrected chi connectivity index (χ1v) is 9.27. The maximum Gasteiger partial charge on any atom is 0.273 e. The molecule has 6 nitrogen and oxygen atoms in total. The molecule has 0 unspecified atom stereocenters. The van der Waals surface area contributed by atoms with Gasteiger partial charge in [0.15, 0.2) is 0 Å². The number of carbonyl (C=O) groups excluding carboxylic acids is 2. The largest absolute Gasteiger partial charge is 0.350 e. The first-order chi connectivity index (χ1) is 12.0. The van der Waals surface area contributed by atoms with Crippen molar-refractivity contribution in [1.29, 1.82) is 0 Å². The zero-order chi connectivity index (χ0) is 17.8. The van der Waals surface area contributed by atoms with Crippen LogP contribution in [-0.4, -0.2) is 39.8 Å². The zero-order valence-corrected chi connectivity index (χ0v) is 15.3. The molecule has 3 heterocycles. The average Bonchev–Trinajstić information content (AvgIpc) is 2.98. The number of aryl methyl sites for hydroxylation is 2. The molecule has 0 atom stereocenters. The van der Waals surface area contributed by atoms with Crippen LogP contribution < -0.4 is 5.32 Å². The molecule has 25 heavy (non-hydrogen) atoms. The third kappa shape index (κ3) is 4.22. The molecule has 1 N–H and O–H groups in total. The molecule has 0 aromatic carbocycles. The molecule has 1 fully saturated rings. The van der Waals surface area contributed by atoms with Crippen LogP contribution in [0.5, 0.6) is 0 Å². The number of hydrogen-bond acceptors (Lipinski definition) is 5. The summed E-state index contributed by atoms with van der Waals surface area (Å²) in [5.41, 5.74) is 1.40. The number of carbonyl (C=O) groups is 2. The molecule has 1 aliphatic heterocycles. The summed E-state index contributed by atoms with van der Waals surface area (Å²) in [5, 5.41) is 3.85. The van der Waals surface area contributed by atoms with Crippen molar-refractivity contribution >= 4 is 23.2 Å². The van der Waals surface area contributed by atoms with Gasteiger partial charge in [-0.2, -0.15) is 0 Å². The summed E-state index contributed by atoms with van der Waals surface area (Å²) in [6.07, 6.45) is 3.08. The Hall–Kier alpha value is -2.28. The topological polar surface area (TPSA) is 75.2 Å². The SMILES string of the molecule is Cc1nc(C(=O)N2CCC(C(=O)NCc3ccccn3)CC2)c(C)s1. The minimum Gasteiger partial charge on any atom is -0.350 e. The average molecular weight is 358 g/mol. The van der Waals surface area contributed by atoms with Crippen LogP contribution >= 0.6 is 11.3 Å². The summed E-state index contributed by atoms with van der Waals surface area (Å²) in [7, 11) is 0. The van der Waals surface area contributed by atoms with Crippen LogP contribution in [0.25, 0.3) is 0 Å². The van der Waals surface area contributed by atoms with E-state index in [9.17, 15) is 9.59 Å². The third-order valence-electron chi connectivity index (χ3n) is 4.43. The van der Waals surface area contributed by atoms with Gasteiger partial charge in [-0.1, -0.05) is 6.07 Å². The first-order valence-electron chi connectivity index (χ1n) is 8.45. The maximum absolute atomic E-state index is 12.6. The van der Waals surface area contributed by atoms with E-state index in [4.69, 9.17) is 0 Å². The van der Waals surface area contributed by atoms with Gasteiger partial charge in [-0.3, -0.25) is 14.6 Å². The summed E-state index contributed by atoms with van der Waals surface area (Å²) < 4.78 is 0. The molecule has 2 aromatic rings. The van der Waals surface area contributed by atoms with Gasteiger partial charge < -0.3 is 10.2 Å². The second-order valence-corrected chi connectivity index (χ2v) is 7.65. The van der Waals surface area contributed by atoms with Gasteiger partial charge in [0, 0.05) is 30.1 Å². The van der Waals surface area contributed by atoms with Crippen LogP contribution in [0.2, 0.25) is 0 Å². The number of rotatable bonds is 4. The fourth-order valence-electron chi connectivity index (χ4n) is 3.05. The Morgan fingerprint density at radius 2 is 2.04 bits per heavy atom. The lowest BCUT2D eigenvalue weighted by Gasteiger charge is -2.31. The molecular weight excluding hydrogens is 336 g/mol. The molecule has 0 bridgehead atoms. The maximum atomic E-state index is 12.6. The van der Waals surface area contributed by atoms with Gasteiger partial charge in [0.05, 0.1) is 17.2 Å². The predicted octanol–water partition coefficient (Wildman–Crippen LogP) is 2.32. The minimum atomic E-state index is -0.0500. The molecule has 7 heteroatoms. The van der Waals surface area contributed by atoms with Crippen molar-refractivity contribution in [2.45, 2.75) is 33.2 Å². The van der Waals surface area contributed by atoms with Crippen LogP contribution in [0.15, 0.2) is 24.4 Å². The van der Waals surface area contributed by atoms with Crippen molar-refractivity contribution in [1.82, 2.24) is 20.2 Å². The van der Waals surface area contributed by atoms with Crippen LogP contribution in [-0.2, 0) is 11.3 Å². The minimum absolute atomic E-state index is 0.0193. The van der Waals surface area contributed by atoms with E-state index >= 15 is 0 Å². The first kappa shape index (κ1) is 17.5. The lowest BCUT2D eigenvalue weighted by atomic mass is 9.95. The van der Waals surface area contributed by atoms with E-state index in [1.807, 2.05) is 36.9 Å². The van der Waals surface area contributed by atoms with Crippen molar-refractivity contribution < 1.29 is 9.59 Å². The van der Waals surface area contributed by atoms with Gasteiger partial charge >= 0.3 is 0 Å². The summed E-state index contributed by atoms with van der Waals surface area (Å²) in [6.45, 7) is 5.46. The quantitative estimate of drug-likeness (QED) is 0.910. The summed E-state index contributed by atoms with van der Waals surface area (Å²) in [6, 6.07) is 5.64. The molecule has 132 valence electrons. The van der Waals surface area contributed by atoms with E-state index in [-0.39, 0.29) is 17.7 Å². The van der Waals surface area contributed by atoms with Crippen molar-refractivity contribution in [2.24, 2.45) is 5.92 Å². The number of aromatic nitrogens is 2. The number of likely N-dealkylation sites (tertiary alicyclic amines) is 1. The summed E-state index contributed by atoms with van der Waals surface area (Å²) >= 11 is 1.54. The Labute approximate surface area is 151 Å². The van der Waals surface area contributed by atoms with Gasteiger partial charge in [0.1, 0.15) is 5.69 Å². The summed E-state index contributed by atoms with van der Waals surface area (Å²) in [5.74, 6) is -0.0290. The van der Waals surface area contributed by atoms with Crippen molar-refractivity contribution in [2.75, 3.05) is 13.1 Å². The van der Waals surface area contributed by atoms with E-state index in [0.717, 1.165) is 15.6 Å². The van der Waals surface area contributed by atoms with Gasteiger partial charge in [-0.05, 0) is 38.8 Å². The van der Waals surface area contributed by atoms with E-state index in [1.54, 1.807) is 17.5 Å². The van der Waals surface area contributed by atoms with Crippen molar-refractivity contribution in [3.05, 3.63) is 45.7 Å². The highest BCUT2D eigenvalue weighted by molar-refractivity contribution is 7.11. The fraction of sp³-hybridized carbons (Fsp3) is 0.444. The van der Waals surface area contributed by atoms with Gasteiger partial charge in [-0.15, -0.1) is 11.3 Å². The molecule has 0 radical (unpaired) electrons. The highest BCUT2D eigenvalue weighted by atomic mass is 32.1. The second-order valence-electron chi connectivity index (χ2n) is 6.24. The number of amides is 2. The number of thiazole rings is 1. The molecule has 2 amide bonds. The Kier molecular flexibility index (Phi) is 5.43. The number of nitrogens with zero attached hydrogens (tertiary/aromatic N) is 3. The standard InChI is InChI=1S/C18H22N4O2S/c1-12-16(21-13(2)25-12)18(24)22-9-6-14(7-10-22)17(23)20-11-15-5-3-4-8-19-15/h3-5,8,14H,6-7,9-11H2,1-2H3,(H,20,23). The molecule has 0 aliphatic carbocycles. The Morgan fingerprint density at radius 3 is 2.64 bits per heavy atom. The number of nitrogens with one attached hydrogen (secondary N) is 1. The fourth-order valence-corrected chi connectivity index (χ4v) is 3.86. The lowest BCUT2D eigenvalue weighted by Crippen LogP contribution is -2.43. The lowest BCUT2D eigenvalue weighted by molar-refractivity contribution is -0.126. The zero-order valence-electron chi connectivity index (χ0n) is 14.5. The van der Waals surface area contributed by atoms with E-state index in [2.05, 4.69) is 15.3 Å².